The molecule has 1 spiro atoms. The summed E-state index contributed by atoms with van der Waals surface area (Å²) in [5.41, 5.74) is -0.0491. The van der Waals surface area contributed by atoms with Crippen molar-refractivity contribution in [1.82, 2.24) is 9.80 Å². The first-order valence-electron chi connectivity index (χ1n) is 7.25. The Morgan fingerprint density at radius 3 is 2.94 bits per heavy atom. The lowest BCUT2D eigenvalue weighted by Crippen LogP contribution is -2.48. The van der Waals surface area contributed by atoms with E-state index in [2.05, 4.69) is 4.90 Å². The maximum atomic E-state index is 12.3. The van der Waals surface area contributed by atoms with Crippen LogP contribution in [0.1, 0.15) is 25.7 Å². The Kier molecular flexibility index (Phi) is 3.32. The van der Waals surface area contributed by atoms with Crippen LogP contribution < -0.4 is 0 Å². The average Bonchev–Trinajstić information content (AvgIpc) is 2.96. The summed E-state index contributed by atoms with van der Waals surface area (Å²) in [7, 11) is 1.95. The highest BCUT2D eigenvalue weighted by atomic mass is 16.5. The fraction of sp³-hybridized carbons (Fsp3) is 0.929. The van der Waals surface area contributed by atoms with E-state index >= 15 is 0 Å². The van der Waals surface area contributed by atoms with Crippen LogP contribution in [0.3, 0.4) is 0 Å². The van der Waals surface area contributed by atoms with E-state index in [-0.39, 0.29) is 5.41 Å². The molecule has 0 N–H and O–H groups in total. The zero-order valence-corrected chi connectivity index (χ0v) is 11.4. The number of ether oxygens (including phenoxy) is 1. The van der Waals surface area contributed by atoms with Crippen molar-refractivity contribution in [3.05, 3.63) is 0 Å². The Labute approximate surface area is 109 Å². The molecule has 0 aromatic carbocycles. The number of hydrogen-bond donors (Lipinski definition) is 0. The molecule has 0 aromatic heterocycles. The van der Waals surface area contributed by atoms with Crippen LogP contribution >= 0.6 is 0 Å². The van der Waals surface area contributed by atoms with Gasteiger partial charge in [-0.15, -0.1) is 0 Å². The minimum Gasteiger partial charge on any atom is -0.381 e. The maximum Gasteiger partial charge on any atom is 0.229 e. The number of hydrogen-bond acceptors (Lipinski definition) is 3. The molecule has 3 rings (SSSR count). The van der Waals surface area contributed by atoms with Gasteiger partial charge in [-0.2, -0.15) is 0 Å². The first-order chi connectivity index (χ1) is 8.70. The highest BCUT2D eigenvalue weighted by Crippen LogP contribution is 2.39. The molecule has 4 nitrogen and oxygen atoms in total. The van der Waals surface area contributed by atoms with E-state index in [1.54, 1.807) is 0 Å². The molecule has 2 atom stereocenters. The van der Waals surface area contributed by atoms with E-state index in [1.165, 1.54) is 12.8 Å². The first-order valence-corrected chi connectivity index (χ1v) is 7.25. The number of amides is 1. The van der Waals surface area contributed by atoms with E-state index in [4.69, 9.17) is 4.74 Å². The fourth-order valence-electron chi connectivity index (χ4n) is 3.85. The molecule has 18 heavy (non-hydrogen) atoms. The van der Waals surface area contributed by atoms with Gasteiger partial charge in [0.25, 0.3) is 0 Å². The van der Waals surface area contributed by atoms with Crippen LogP contribution in [0.2, 0.25) is 0 Å². The molecule has 3 aliphatic rings. The van der Waals surface area contributed by atoms with Crippen LogP contribution in [0.25, 0.3) is 0 Å². The van der Waals surface area contributed by atoms with E-state index in [9.17, 15) is 4.79 Å². The van der Waals surface area contributed by atoms with Crippen molar-refractivity contribution in [2.75, 3.05) is 46.4 Å². The maximum absolute atomic E-state index is 12.3. The summed E-state index contributed by atoms with van der Waals surface area (Å²) in [6, 6.07) is 0. The molecule has 1 amide bonds. The molecular weight excluding hydrogens is 228 g/mol. The third-order valence-corrected chi connectivity index (χ3v) is 4.92. The van der Waals surface area contributed by atoms with Gasteiger partial charge in [0.05, 0.1) is 12.0 Å². The summed E-state index contributed by atoms with van der Waals surface area (Å²) in [5.74, 6) is 1.07. The largest absolute Gasteiger partial charge is 0.381 e. The van der Waals surface area contributed by atoms with E-state index in [0.717, 1.165) is 52.2 Å². The van der Waals surface area contributed by atoms with E-state index in [0.29, 0.717) is 11.8 Å². The second-order valence-corrected chi connectivity index (χ2v) is 6.33. The summed E-state index contributed by atoms with van der Waals surface area (Å²) in [6.07, 6.45) is 4.51. The standard InChI is InChI=1S/C14H24N2O2/c1-15-7-5-14(13(15)17)4-2-6-16(11-14)9-12-3-8-18-10-12/h12H,2-11H2,1H3/t12-,14-/m0/s1. The number of nitrogens with zero attached hydrogens (tertiary/aromatic N) is 2. The lowest BCUT2D eigenvalue weighted by atomic mass is 9.78. The van der Waals surface area contributed by atoms with E-state index in [1.807, 2.05) is 11.9 Å². The van der Waals surface area contributed by atoms with Gasteiger partial charge in [0, 0.05) is 33.3 Å². The molecule has 0 aromatic rings. The number of carbonyl (C=O) groups excluding carboxylic acids is 1. The summed E-state index contributed by atoms with van der Waals surface area (Å²) in [6.45, 7) is 6.04. The Morgan fingerprint density at radius 2 is 2.28 bits per heavy atom. The number of likely N-dealkylation sites (tertiary alicyclic amines) is 2. The van der Waals surface area contributed by atoms with Gasteiger partial charge in [0.15, 0.2) is 0 Å². The topological polar surface area (TPSA) is 32.8 Å². The van der Waals surface area contributed by atoms with Crippen molar-refractivity contribution in [2.24, 2.45) is 11.3 Å². The zero-order valence-electron chi connectivity index (χ0n) is 11.4. The number of carbonyl (C=O) groups is 1. The van der Waals surface area contributed by atoms with Gasteiger partial charge < -0.3 is 14.5 Å². The quantitative estimate of drug-likeness (QED) is 0.734. The molecule has 3 aliphatic heterocycles. The molecule has 0 radical (unpaired) electrons. The Morgan fingerprint density at radius 1 is 1.39 bits per heavy atom. The highest BCUT2D eigenvalue weighted by molar-refractivity contribution is 5.85. The van der Waals surface area contributed by atoms with Gasteiger partial charge in [-0.05, 0) is 38.1 Å². The van der Waals surface area contributed by atoms with Crippen LogP contribution in [0.4, 0.5) is 0 Å². The van der Waals surface area contributed by atoms with Crippen LogP contribution in [0.5, 0.6) is 0 Å². The average molecular weight is 252 g/mol. The molecule has 3 heterocycles. The minimum atomic E-state index is -0.0491. The predicted octanol–water partition coefficient (Wildman–Crippen LogP) is 0.967. The van der Waals surface area contributed by atoms with Crippen molar-refractivity contribution < 1.29 is 9.53 Å². The molecule has 0 unspecified atom stereocenters. The Bertz CT molecular complexity index is 324. The molecular formula is C14H24N2O2. The van der Waals surface area contributed by atoms with Crippen molar-refractivity contribution in [3.8, 4) is 0 Å². The Balaban J connectivity index is 1.63. The van der Waals surface area contributed by atoms with Crippen LogP contribution in [-0.2, 0) is 9.53 Å². The van der Waals surface area contributed by atoms with Crippen molar-refractivity contribution >= 4 is 5.91 Å². The Hall–Kier alpha value is -0.610. The van der Waals surface area contributed by atoms with Crippen LogP contribution in [0, 0.1) is 11.3 Å². The summed E-state index contributed by atoms with van der Waals surface area (Å²) < 4.78 is 5.45. The van der Waals surface area contributed by atoms with Crippen LogP contribution in [0.15, 0.2) is 0 Å². The molecule has 0 aliphatic carbocycles. The van der Waals surface area contributed by atoms with Gasteiger partial charge in [-0.1, -0.05) is 0 Å². The zero-order chi connectivity index (χ0) is 12.6. The molecule has 0 saturated carbocycles. The van der Waals surface area contributed by atoms with Gasteiger partial charge in [0.1, 0.15) is 0 Å². The fourth-order valence-corrected chi connectivity index (χ4v) is 3.85. The first kappa shape index (κ1) is 12.4. The number of piperidine rings is 1. The van der Waals surface area contributed by atoms with Gasteiger partial charge in [-0.25, -0.2) is 0 Å². The minimum absolute atomic E-state index is 0.0491. The molecule has 0 bridgehead atoms. The van der Waals surface area contributed by atoms with Gasteiger partial charge in [-0.3, -0.25) is 4.79 Å². The summed E-state index contributed by atoms with van der Waals surface area (Å²) in [5, 5.41) is 0. The van der Waals surface area contributed by atoms with Crippen molar-refractivity contribution in [3.63, 3.8) is 0 Å². The smallest absolute Gasteiger partial charge is 0.229 e. The molecule has 4 heteroatoms. The summed E-state index contributed by atoms with van der Waals surface area (Å²) in [4.78, 5) is 16.8. The van der Waals surface area contributed by atoms with Crippen molar-refractivity contribution in [2.45, 2.75) is 25.7 Å². The molecule has 3 fully saturated rings. The third-order valence-electron chi connectivity index (χ3n) is 4.92. The SMILES string of the molecule is CN1CC[C@]2(CCCN(C[C@@H]3CCOC3)C2)C1=O. The number of rotatable bonds is 2. The normalized spacial score (nSPS) is 37.9. The second kappa shape index (κ2) is 4.82. The lowest BCUT2D eigenvalue weighted by Gasteiger charge is -2.39. The summed E-state index contributed by atoms with van der Waals surface area (Å²) >= 11 is 0. The lowest BCUT2D eigenvalue weighted by molar-refractivity contribution is -0.137. The van der Waals surface area contributed by atoms with Gasteiger partial charge >= 0.3 is 0 Å². The predicted molar refractivity (Wildman–Crippen MR) is 69.3 cm³/mol. The highest BCUT2D eigenvalue weighted by Gasteiger charge is 2.47. The molecule has 3 saturated heterocycles. The van der Waals surface area contributed by atoms with Gasteiger partial charge in [0.2, 0.25) is 5.91 Å². The van der Waals surface area contributed by atoms with Crippen LogP contribution in [-0.4, -0.2) is 62.1 Å². The van der Waals surface area contributed by atoms with Crippen molar-refractivity contribution in [1.29, 1.82) is 0 Å². The third kappa shape index (κ3) is 2.16. The molecule has 102 valence electrons. The monoisotopic (exact) mass is 252 g/mol. The van der Waals surface area contributed by atoms with E-state index < -0.39 is 0 Å². The second-order valence-electron chi connectivity index (χ2n) is 6.33.